The quantitative estimate of drug-likeness (QED) is 0.500. The van der Waals surface area contributed by atoms with Crippen LogP contribution in [0.2, 0.25) is 5.02 Å². The highest BCUT2D eigenvalue weighted by Gasteiger charge is 2.14. The van der Waals surface area contributed by atoms with Crippen LogP contribution in [0.4, 0.5) is 10.1 Å². The summed E-state index contributed by atoms with van der Waals surface area (Å²) in [5, 5.41) is 14.9. The zero-order valence-electron chi connectivity index (χ0n) is 17.0. The van der Waals surface area contributed by atoms with Gasteiger partial charge in [0.15, 0.2) is 5.16 Å². The van der Waals surface area contributed by atoms with Crippen molar-refractivity contribution in [1.82, 2.24) is 20.1 Å². The molecule has 2 aromatic carbocycles. The van der Waals surface area contributed by atoms with E-state index in [4.69, 9.17) is 11.6 Å². The molecule has 0 aliphatic rings. The molecular formula is C21H21ClFN5O2S. The van der Waals surface area contributed by atoms with Crippen LogP contribution in [-0.4, -0.2) is 38.9 Å². The van der Waals surface area contributed by atoms with Gasteiger partial charge in [0.05, 0.1) is 11.3 Å². The van der Waals surface area contributed by atoms with E-state index in [1.165, 1.54) is 30.0 Å². The van der Waals surface area contributed by atoms with Crippen LogP contribution >= 0.6 is 23.4 Å². The normalized spacial score (nSPS) is 10.7. The summed E-state index contributed by atoms with van der Waals surface area (Å²) in [7, 11) is 1.79. The van der Waals surface area contributed by atoms with Gasteiger partial charge in [-0.25, -0.2) is 4.39 Å². The van der Waals surface area contributed by atoms with E-state index in [1.54, 1.807) is 35.9 Å². The number of carbonyl (C=O) groups excluding carboxylic acids is 2. The van der Waals surface area contributed by atoms with Crippen molar-refractivity contribution in [3.8, 4) is 0 Å². The first-order chi connectivity index (χ1) is 14.8. The first kappa shape index (κ1) is 22.8. The Labute approximate surface area is 188 Å². The van der Waals surface area contributed by atoms with Gasteiger partial charge >= 0.3 is 0 Å². The van der Waals surface area contributed by atoms with Crippen LogP contribution < -0.4 is 10.6 Å². The number of carbonyl (C=O) groups is 2. The Morgan fingerprint density at radius 2 is 1.97 bits per heavy atom. The smallest absolute Gasteiger partial charge is 0.254 e. The molecule has 1 aromatic heterocycles. The van der Waals surface area contributed by atoms with Crippen LogP contribution in [0, 0.1) is 12.7 Å². The lowest BCUT2D eigenvalue weighted by Gasteiger charge is -2.09. The SMILES string of the molecule is Cc1cc(Cl)ccc1NC(=O)CSc1nnc(CCNC(=O)c2ccccc2F)n1C. The Morgan fingerprint density at radius 3 is 2.71 bits per heavy atom. The van der Waals surface area contributed by atoms with E-state index in [9.17, 15) is 14.0 Å². The number of benzene rings is 2. The number of hydrogen-bond acceptors (Lipinski definition) is 5. The lowest BCUT2D eigenvalue weighted by molar-refractivity contribution is -0.113. The fourth-order valence-electron chi connectivity index (χ4n) is 2.80. The summed E-state index contributed by atoms with van der Waals surface area (Å²) in [6.07, 6.45) is 0.417. The van der Waals surface area contributed by atoms with Crippen LogP contribution in [0.1, 0.15) is 21.7 Å². The highest BCUT2D eigenvalue weighted by molar-refractivity contribution is 7.99. The lowest BCUT2D eigenvalue weighted by Crippen LogP contribution is -2.27. The number of thioether (sulfide) groups is 1. The van der Waals surface area contributed by atoms with Gasteiger partial charge < -0.3 is 15.2 Å². The van der Waals surface area contributed by atoms with E-state index in [2.05, 4.69) is 20.8 Å². The molecule has 7 nitrogen and oxygen atoms in total. The van der Waals surface area contributed by atoms with Crippen molar-refractivity contribution in [3.63, 3.8) is 0 Å². The number of aryl methyl sites for hydroxylation is 1. The molecule has 2 amide bonds. The number of amides is 2. The van der Waals surface area contributed by atoms with Gasteiger partial charge in [-0.15, -0.1) is 10.2 Å². The molecular weight excluding hydrogens is 441 g/mol. The molecule has 31 heavy (non-hydrogen) atoms. The summed E-state index contributed by atoms with van der Waals surface area (Å²) in [6, 6.07) is 11.1. The fraction of sp³-hybridized carbons (Fsp3) is 0.238. The molecule has 10 heteroatoms. The number of halogens is 2. The number of hydrogen-bond donors (Lipinski definition) is 2. The van der Waals surface area contributed by atoms with Crippen LogP contribution in [0.5, 0.6) is 0 Å². The largest absolute Gasteiger partial charge is 0.351 e. The molecule has 0 spiro atoms. The Balaban J connectivity index is 1.49. The summed E-state index contributed by atoms with van der Waals surface area (Å²) >= 11 is 7.19. The molecule has 0 saturated carbocycles. The molecule has 0 fully saturated rings. The zero-order chi connectivity index (χ0) is 22.4. The molecule has 0 aliphatic heterocycles. The van der Waals surface area contributed by atoms with Gasteiger partial charge in [0.25, 0.3) is 5.91 Å². The Morgan fingerprint density at radius 1 is 1.19 bits per heavy atom. The molecule has 0 bridgehead atoms. The first-order valence-electron chi connectivity index (χ1n) is 9.45. The summed E-state index contributed by atoms with van der Waals surface area (Å²) in [5.41, 5.74) is 1.59. The van der Waals surface area contributed by atoms with Gasteiger partial charge in [-0.05, 0) is 42.8 Å². The molecule has 0 radical (unpaired) electrons. The third-order valence-electron chi connectivity index (χ3n) is 4.47. The molecule has 3 aromatic rings. The number of rotatable bonds is 8. The van der Waals surface area contributed by atoms with Crippen molar-refractivity contribution in [2.75, 3.05) is 17.6 Å². The van der Waals surface area contributed by atoms with E-state index in [0.29, 0.717) is 28.1 Å². The maximum atomic E-state index is 13.7. The van der Waals surface area contributed by atoms with Crippen LogP contribution in [0.3, 0.4) is 0 Å². The minimum absolute atomic E-state index is 0.00125. The summed E-state index contributed by atoms with van der Waals surface area (Å²) < 4.78 is 15.4. The van der Waals surface area contributed by atoms with Crippen molar-refractivity contribution in [2.45, 2.75) is 18.5 Å². The van der Waals surface area contributed by atoms with Gasteiger partial charge in [-0.1, -0.05) is 35.5 Å². The maximum Gasteiger partial charge on any atom is 0.254 e. The third-order valence-corrected chi connectivity index (χ3v) is 5.73. The second-order valence-corrected chi connectivity index (χ2v) is 8.12. The Hall–Kier alpha value is -2.91. The van der Waals surface area contributed by atoms with E-state index >= 15 is 0 Å². The van der Waals surface area contributed by atoms with Gasteiger partial charge in [-0.3, -0.25) is 9.59 Å². The van der Waals surface area contributed by atoms with Crippen LogP contribution in [0.25, 0.3) is 0 Å². The van der Waals surface area contributed by atoms with E-state index in [1.807, 2.05) is 6.92 Å². The molecule has 0 unspecified atom stereocenters. The van der Waals surface area contributed by atoms with Crippen molar-refractivity contribution in [1.29, 1.82) is 0 Å². The standard InChI is InChI=1S/C21H21ClFN5O2S/c1-13-11-14(22)7-8-17(13)25-19(29)12-31-21-27-26-18(28(21)2)9-10-24-20(30)15-5-3-4-6-16(15)23/h3-8,11H,9-10,12H2,1-2H3,(H,24,30)(H,25,29). The lowest BCUT2D eigenvalue weighted by atomic mass is 10.2. The third kappa shape index (κ3) is 6.05. The first-order valence-corrected chi connectivity index (χ1v) is 10.8. The molecule has 2 N–H and O–H groups in total. The predicted molar refractivity (Wildman–Crippen MR) is 119 cm³/mol. The minimum Gasteiger partial charge on any atom is -0.351 e. The van der Waals surface area contributed by atoms with Crippen LogP contribution in [-0.2, 0) is 18.3 Å². The van der Waals surface area contributed by atoms with E-state index in [-0.39, 0.29) is 23.8 Å². The van der Waals surface area contributed by atoms with Crippen molar-refractivity contribution < 1.29 is 14.0 Å². The highest BCUT2D eigenvalue weighted by atomic mass is 35.5. The molecule has 3 rings (SSSR count). The molecule has 0 saturated heterocycles. The number of anilines is 1. The predicted octanol–water partition coefficient (Wildman–Crippen LogP) is 3.62. The number of aromatic nitrogens is 3. The van der Waals surface area contributed by atoms with Crippen molar-refractivity contribution >= 4 is 40.9 Å². The molecule has 0 atom stereocenters. The van der Waals surface area contributed by atoms with Gasteiger partial charge in [0.2, 0.25) is 5.91 Å². The second-order valence-electron chi connectivity index (χ2n) is 6.74. The van der Waals surface area contributed by atoms with Gasteiger partial charge in [-0.2, -0.15) is 0 Å². The van der Waals surface area contributed by atoms with Crippen LogP contribution in [0.15, 0.2) is 47.6 Å². The topological polar surface area (TPSA) is 88.9 Å². The average molecular weight is 462 g/mol. The summed E-state index contributed by atoms with van der Waals surface area (Å²) in [5.74, 6) is -0.409. The molecule has 0 aliphatic carbocycles. The van der Waals surface area contributed by atoms with Gasteiger partial charge in [0, 0.05) is 30.7 Å². The molecule has 162 valence electrons. The average Bonchev–Trinajstić information content (AvgIpc) is 3.08. The number of nitrogens with zero attached hydrogens (tertiary/aromatic N) is 3. The van der Waals surface area contributed by atoms with Crippen molar-refractivity contribution in [3.05, 3.63) is 70.3 Å². The highest BCUT2D eigenvalue weighted by Crippen LogP contribution is 2.21. The maximum absolute atomic E-state index is 13.7. The fourth-order valence-corrected chi connectivity index (χ4v) is 3.76. The van der Waals surface area contributed by atoms with Crippen molar-refractivity contribution in [2.24, 2.45) is 7.05 Å². The van der Waals surface area contributed by atoms with Gasteiger partial charge in [0.1, 0.15) is 11.6 Å². The Bertz CT molecular complexity index is 1110. The zero-order valence-corrected chi connectivity index (χ0v) is 18.6. The Kier molecular flexibility index (Phi) is 7.64. The molecule has 1 heterocycles. The minimum atomic E-state index is -0.565. The second kappa shape index (κ2) is 10.4. The number of nitrogens with one attached hydrogen (secondary N) is 2. The van der Waals surface area contributed by atoms with E-state index in [0.717, 1.165) is 5.56 Å². The van der Waals surface area contributed by atoms with E-state index < -0.39 is 11.7 Å². The monoisotopic (exact) mass is 461 g/mol. The summed E-state index contributed by atoms with van der Waals surface area (Å²) in [4.78, 5) is 24.3. The summed E-state index contributed by atoms with van der Waals surface area (Å²) in [6.45, 7) is 2.15.